The third kappa shape index (κ3) is 3.47. The van der Waals surface area contributed by atoms with E-state index in [1.807, 2.05) is 13.0 Å². The Morgan fingerprint density at radius 3 is 3.07 bits per heavy atom. The third-order valence-electron chi connectivity index (χ3n) is 2.10. The van der Waals surface area contributed by atoms with E-state index in [1.54, 1.807) is 18.6 Å². The van der Waals surface area contributed by atoms with Crippen LogP contribution in [0, 0.1) is 17.2 Å². The van der Waals surface area contributed by atoms with Crippen LogP contribution in [0.25, 0.3) is 0 Å². The highest BCUT2D eigenvalue weighted by molar-refractivity contribution is 5.80. The number of carbonyl (C=O) groups excluding carboxylic acids is 1. The van der Waals surface area contributed by atoms with Gasteiger partial charge in [-0.15, -0.1) is 0 Å². The fourth-order valence-electron chi connectivity index (χ4n) is 1.25. The van der Waals surface area contributed by atoms with Crippen molar-refractivity contribution in [2.45, 2.75) is 26.3 Å². The summed E-state index contributed by atoms with van der Waals surface area (Å²) >= 11 is 0. The Morgan fingerprint density at radius 2 is 2.53 bits per heavy atom. The minimum Gasteiger partial charge on any atom is -0.472 e. The van der Waals surface area contributed by atoms with Gasteiger partial charge in [-0.1, -0.05) is 13.3 Å². The normalized spacial score (nSPS) is 11.7. The van der Waals surface area contributed by atoms with Crippen LogP contribution in [0.1, 0.15) is 25.3 Å². The SMILES string of the molecule is CCCC(C#N)C(=O)NCc1ccoc1. The zero-order chi connectivity index (χ0) is 11.1. The van der Waals surface area contributed by atoms with Gasteiger partial charge in [-0.2, -0.15) is 5.26 Å². The standard InChI is InChI=1S/C11H14N2O2/c1-2-3-10(6-12)11(14)13-7-9-4-5-15-8-9/h4-5,8,10H,2-3,7H2,1H3,(H,13,14). The molecule has 4 nitrogen and oxygen atoms in total. The van der Waals surface area contributed by atoms with E-state index in [0.717, 1.165) is 12.0 Å². The van der Waals surface area contributed by atoms with E-state index in [4.69, 9.17) is 9.68 Å². The average molecular weight is 206 g/mol. The van der Waals surface area contributed by atoms with E-state index >= 15 is 0 Å². The van der Waals surface area contributed by atoms with Crippen LogP contribution in [0.15, 0.2) is 23.0 Å². The molecule has 15 heavy (non-hydrogen) atoms. The van der Waals surface area contributed by atoms with Gasteiger partial charge in [0.05, 0.1) is 18.6 Å². The van der Waals surface area contributed by atoms with Gasteiger partial charge in [0.25, 0.3) is 0 Å². The highest BCUT2D eigenvalue weighted by Crippen LogP contribution is 2.06. The van der Waals surface area contributed by atoms with Crippen LogP contribution < -0.4 is 5.32 Å². The second-order valence-electron chi connectivity index (χ2n) is 3.32. The van der Waals surface area contributed by atoms with Gasteiger partial charge in [0.2, 0.25) is 5.91 Å². The van der Waals surface area contributed by atoms with Crippen LogP contribution in [0.4, 0.5) is 0 Å². The number of amides is 1. The highest BCUT2D eigenvalue weighted by atomic mass is 16.3. The van der Waals surface area contributed by atoms with Gasteiger partial charge in [0.15, 0.2) is 0 Å². The molecule has 1 heterocycles. The van der Waals surface area contributed by atoms with Gasteiger partial charge in [0, 0.05) is 12.1 Å². The first-order valence-electron chi connectivity index (χ1n) is 4.96. The number of hydrogen-bond acceptors (Lipinski definition) is 3. The maximum Gasteiger partial charge on any atom is 0.237 e. The summed E-state index contributed by atoms with van der Waals surface area (Å²) in [5.41, 5.74) is 0.900. The molecule has 0 spiro atoms. The van der Waals surface area contributed by atoms with Crippen molar-refractivity contribution in [3.8, 4) is 6.07 Å². The molecule has 0 aromatic carbocycles. The van der Waals surface area contributed by atoms with Gasteiger partial charge in [-0.25, -0.2) is 0 Å². The smallest absolute Gasteiger partial charge is 0.237 e. The number of nitrogens with one attached hydrogen (secondary N) is 1. The fraction of sp³-hybridized carbons (Fsp3) is 0.455. The molecular formula is C11H14N2O2. The molecule has 0 aliphatic carbocycles. The molecule has 0 saturated heterocycles. The molecular weight excluding hydrogens is 192 g/mol. The molecule has 1 amide bonds. The molecule has 1 atom stereocenters. The topological polar surface area (TPSA) is 66.0 Å². The van der Waals surface area contributed by atoms with Gasteiger partial charge in [-0.3, -0.25) is 4.79 Å². The molecule has 0 aliphatic rings. The van der Waals surface area contributed by atoms with Gasteiger partial charge < -0.3 is 9.73 Å². The summed E-state index contributed by atoms with van der Waals surface area (Å²) < 4.78 is 4.86. The Morgan fingerprint density at radius 1 is 1.73 bits per heavy atom. The summed E-state index contributed by atoms with van der Waals surface area (Å²) in [6.45, 7) is 2.37. The number of carbonyl (C=O) groups is 1. The third-order valence-corrected chi connectivity index (χ3v) is 2.10. The summed E-state index contributed by atoms with van der Waals surface area (Å²) in [7, 11) is 0. The molecule has 1 aromatic rings. The first-order chi connectivity index (χ1) is 7.27. The fourth-order valence-corrected chi connectivity index (χ4v) is 1.25. The van der Waals surface area contributed by atoms with E-state index in [1.165, 1.54) is 0 Å². The van der Waals surface area contributed by atoms with Crippen molar-refractivity contribution in [2.75, 3.05) is 0 Å². The summed E-state index contributed by atoms with van der Waals surface area (Å²) in [4.78, 5) is 11.5. The predicted molar refractivity (Wildman–Crippen MR) is 54.6 cm³/mol. The number of rotatable bonds is 5. The Labute approximate surface area is 88.9 Å². The molecule has 0 bridgehead atoms. The lowest BCUT2D eigenvalue weighted by Gasteiger charge is -2.07. The summed E-state index contributed by atoms with van der Waals surface area (Å²) in [6, 6.07) is 3.78. The maximum atomic E-state index is 11.5. The van der Waals surface area contributed by atoms with E-state index in [-0.39, 0.29) is 5.91 Å². The van der Waals surface area contributed by atoms with E-state index in [9.17, 15) is 4.79 Å². The Balaban J connectivity index is 2.38. The second kappa shape index (κ2) is 5.86. The van der Waals surface area contributed by atoms with Crippen molar-refractivity contribution >= 4 is 5.91 Å². The highest BCUT2D eigenvalue weighted by Gasteiger charge is 2.15. The Hall–Kier alpha value is -1.76. The molecule has 1 unspecified atom stereocenters. The molecule has 4 heteroatoms. The lowest BCUT2D eigenvalue weighted by atomic mass is 10.1. The predicted octanol–water partition coefficient (Wildman–Crippen LogP) is 1.84. The molecule has 0 fully saturated rings. The molecule has 1 aromatic heterocycles. The minimum absolute atomic E-state index is 0.208. The number of nitriles is 1. The first-order valence-corrected chi connectivity index (χ1v) is 4.96. The van der Waals surface area contributed by atoms with Crippen LogP contribution in [0.2, 0.25) is 0 Å². The van der Waals surface area contributed by atoms with Crippen molar-refractivity contribution in [1.29, 1.82) is 5.26 Å². The lowest BCUT2D eigenvalue weighted by Crippen LogP contribution is -2.29. The molecule has 0 saturated carbocycles. The summed E-state index contributed by atoms with van der Waals surface area (Å²) in [5, 5.41) is 11.5. The quantitative estimate of drug-likeness (QED) is 0.799. The average Bonchev–Trinajstić information content (AvgIpc) is 2.75. The molecule has 0 radical (unpaired) electrons. The zero-order valence-corrected chi connectivity index (χ0v) is 8.69. The maximum absolute atomic E-state index is 11.5. The monoisotopic (exact) mass is 206 g/mol. The van der Waals surface area contributed by atoms with Crippen LogP contribution in [-0.4, -0.2) is 5.91 Å². The van der Waals surface area contributed by atoms with Crippen molar-refractivity contribution < 1.29 is 9.21 Å². The molecule has 1 rings (SSSR count). The largest absolute Gasteiger partial charge is 0.472 e. The summed E-state index contributed by atoms with van der Waals surface area (Å²) in [6.07, 6.45) is 4.56. The van der Waals surface area contributed by atoms with Crippen LogP contribution in [-0.2, 0) is 11.3 Å². The Kier molecular flexibility index (Phi) is 4.42. The van der Waals surface area contributed by atoms with Crippen molar-refractivity contribution in [1.82, 2.24) is 5.32 Å². The van der Waals surface area contributed by atoms with Crippen molar-refractivity contribution in [3.63, 3.8) is 0 Å². The lowest BCUT2D eigenvalue weighted by molar-refractivity contribution is -0.123. The van der Waals surface area contributed by atoms with Crippen molar-refractivity contribution in [3.05, 3.63) is 24.2 Å². The van der Waals surface area contributed by atoms with Gasteiger partial charge in [0.1, 0.15) is 5.92 Å². The van der Waals surface area contributed by atoms with Crippen molar-refractivity contribution in [2.24, 2.45) is 5.92 Å². The zero-order valence-electron chi connectivity index (χ0n) is 8.69. The van der Waals surface area contributed by atoms with E-state index in [2.05, 4.69) is 5.32 Å². The molecule has 1 N–H and O–H groups in total. The van der Waals surface area contributed by atoms with E-state index in [0.29, 0.717) is 13.0 Å². The van der Waals surface area contributed by atoms with Crippen LogP contribution in [0.3, 0.4) is 0 Å². The number of nitrogens with zero attached hydrogens (tertiary/aromatic N) is 1. The minimum atomic E-state index is -0.540. The summed E-state index contributed by atoms with van der Waals surface area (Å²) in [5.74, 6) is -0.748. The molecule has 80 valence electrons. The molecule has 0 aliphatic heterocycles. The van der Waals surface area contributed by atoms with Crippen LogP contribution >= 0.6 is 0 Å². The van der Waals surface area contributed by atoms with E-state index < -0.39 is 5.92 Å². The number of hydrogen-bond donors (Lipinski definition) is 1. The van der Waals surface area contributed by atoms with Gasteiger partial charge in [-0.05, 0) is 12.5 Å². The van der Waals surface area contributed by atoms with Gasteiger partial charge >= 0.3 is 0 Å². The Bertz CT molecular complexity index is 338. The van der Waals surface area contributed by atoms with Crippen LogP contribution in [0.5, 0.6) is 0 Å². The second-order valence-corrected chi connectivity index (χ2v) is 3.32. The number of furan rings is 1. The first kappa shape index (κ1) is 11.3.